The molecule has 2 aromatic rings. The number of allylic oxidation sites excluding steroid dienone is 3. The summed E-state index contributed by atoms with van der Waals surface area (Å²) in [6, 6.07) is 6.69. The van der Waals surface area contributed by atoms with E-state index in [4.69, 9.17) is 9.84 Å². The molecule has 1 aromatic heterocycles. The molecule has 0 bridgehead atoms. The first kappa shape index (κ1) is 18.6. The van der Waals surface area contributed by atoms with Gasteiger partial charge in [-0.05, 0) is 49.1 Å². The van der Waals surface area contributed by atoms with E-state index in [9.17, 15) is 4.79 Å². The fraction of sp³-hybridized carbons (Fsp3) is 0.300. The molecule has 7 heteroatoms. The highest BCUT2D eigenvalue weighted by atomic mass is 16.5. The van der Waals surface area contributed by atoms with Crippen molar-refractivity contribution in [1.82, 2.24) is 15.0 Å². The summed E-state index contributed by atoms with van der Waals surface area (Å²) in [5.74, 6) is 0.0724. The summed E-state index contributed by atoms with van der Waals surface area (Å²) < 4.78 is 5.78. The number of hydrogen-bond acceptors (Lipinski definition) is 6. The second kappa shape index (κ2) is 8.93. The minimum Gasteiger partial charge on any atom is -0.478 e. The predicted molar refractivity (Wildman–Crippen MR) is 102 cm³/mol. The summed E-state index contributed by atoms with van der Waals surface area (Å²) in [5.41, 5.74) is 2.12. The van der Waals surface area contributed by atoms with Crippen LogP contribution in [0.5, 0.6) is 6.01 Å². The standard InChI is InChI=1S/C20H22N4O3/c1-2-6-17-22-19(21-16-11-9-15(10-12-16)18(25)26)24-20(23-17)27-13-14-7-4-3-5-8-14/h3-4,7,9-12H,2,5-6,8,13H2,1H3,(H,25,26)(H,21,22,23,24). The number of rotatable bonds is 8. The molecule has 0 unspecified atom stereocenters. The lowest BCUT2D eigenvalue weighted by Crippen LogP contribution is -2.10. The Kier molecular flexibility index (Phi) is 6.14. The molecular formula is C20H22N4O3. The molecular weight excluding hydrogens is 344 g/mol. The minimum atomic E-state index is -0.963. The zero-order valence-electron chi connectivity index (χ0n) is 15.2. The normalized spacial score (nSPS) is 13.1. The molecule has 0 radical (unpaired) electrons. The Labute approximate surface area is 157 Å². The maximum atomic E-state index is 11.0. The number of nitrogens with one attached hydrogen (secondary N) is 1. The van der Waals surface area contributed by atoms with Crippen molar-refractivity contribution in [1.29, 1.82) is 0 Å². The molecule has 0 spiro atoms. The van der Waals surface area contributed by atoms with Gasteiger partial charge in [0.25, 0.3) is 0 Å². The molecule has 140 valence electrons. The van der Waals surface area contributed by atoms with Gasteiger partial charge in [0.05, 0.1) is 5.56 Å². The van der Waals surface area contributed by atoms with Crippen LogP contribution in [0.25, 0.3) is 0 Å². The Morgan fingerprint density at radius 3 is 2.70 bits per heavy atom. The molecule has 2 N–H and O–H groups in total. The maximum Gasteiger partial charge on any atom is 0.335 e. The van der Waals surface area contributed by atoms with E-state index >= 15 is 0 Å². The number of ether oxygens (including phenoxy) is 1. The Hall–Kier alpha value is -3.22. The zero-order chi connectivity index (χ0) is 19.1. The van der Waals surface area contributed by atoms with Crippen molar-refractivity contribution < 1.29 is 14.6 Å². The van der Waals surface area contributed by atoms with Gasteiger partial charge in [-0.3, -0.25) is 0 Å². The largest absolute Gasteiger partial charge is 0.478 e. The van der Waals surface area contributed by atoms with Gasteiger partial charge in [-0.2, -0.15) is 15.0 Å². The lowest BCUT2D eigenvalue weighted by molar-refractivity contribution is 0.0697. The van der Waals surface area contributed by atoms with Gasteiger partial charge in [0.1, 0.15) is 12.4 Å². The van der Waals surface area contributed by atoms with Crippen molar-refractivity contribution in [2.75, 3.05) is 11.9 Å². The quantitative estimate of drug-likeness (QED) is 0.731. The first-order valence-corrected chi connectivity index (χ1v) is 8.96. The van der Waals surface area contributed by atoms with E-state index in [0.717, 1.165) is 25.7 Å². The number of carboxylic acids is 1. The van der Waals surface area contributed by atoms with Crippen LogP contribution < -0.4 is 10.1 Å². The highest BCUT2D eigenvalue weighted by Crippen LogP contribution is 2.18. The number of aryl methyl sites for hydroxylation is 1. The number of aromatic carboxylic acids is 1. The molecule has 0 aliphatic heterocycles. The third-order valence-corrected chi connectivity index (χ3v) is 4.01. The first-order chi connectivity index (χ1) is 13.1. The van der Waals surface area contributed by atoms with Crippen LogP contribution in [-0.2, 0) is 6.42 Å². The topological polar surface area (TPSA) is 97.2 Å². The molecule has 0 saturated heterocycles. The maximum absolute atomic E-state index is 11.0. The van der Waals surface area contributed by atoms with E-state index in [1.54, 1.807) is 12.1 Å². The molecule has 0 fully saturated rings. The van der Waals surface area contributed by atoms with Gasteiger partial charge < -0.3 is 15.2 Å². The van der Waals surface area contributed by atoms with Crippen LogP contribution in [0.2, 0.25) is 0 Å². The van der Waals surface area contributed by atoms with Crippen LogP contribution in [0, 0.1) is 0 Å². The van der Waals surface area contributed by atoms with Crippen LogP contribution in [0.3, 0.4) is 0 Å². The Morgan fingerprint density at radius 2 is 2.04 bits per heavy atom. The van der Waals surface area contributed by atoms with Gasteiger partial charge >= 0.3 is 12.0 Å². The van der Waals surface area contributed by atoms with Crippen LogP contribution in [0.4, 0.5) is 11.6 Å². The van der Waals surface area contributed by atoms with Gasteiger partial charge in [0, 0.05) is 12.1 Å². The van der Waals surface area contributed by atoms with Crippen LogP contribution in [0.15, 0.2) is 48.1 Å². The third-order valence-electron chi connectivity index (χ3n) is 4.01. The van der Waals surface area contributed by atoms with Gasteiger partial charge in [0.15, 0.2) is 0 Å². The Morgan fingerprint density at radius 1 is 1.22 bits per heavy atom. The molecule has 7 nitrogen and oxygen atoms in total. The molecule has 1 heterocycles. The fourth-order valence-electron chi connectivity index (χ4n) is 2.61. The Bertz CT molecular complexity index is 860. The van der Waals surface area contributed by atoms with E-state index in [1.165, 1.54) is 17.7 Å². The summed E-state index contributed by atoms with van der Waals surface area (Å²) in [6.07, 6.45) is 9.84. The molecule has 1 aliphatic carbocycles. The first-order valence-electron chi connectivity index (χ1n) is 8.96. The molecule has 1 aliphatic rings. The van der Waals surface area contributed by atoms with Crippen molar-refractivity contribution in [2.24, 2.45) is 0 Å². The smallest absolute Gasteiger partial charge is 0.335 e. The highest BCUT2D eigenvalue weighted by Gasteiger charge is 2.10. The van der Waals surface area contributed by atoms with Crippen molar-refractivity contribution in [3.05, 3.63) is 59.5 Å². The predicted octanol–water partition coefficient (Wildman–Crippen LogP) is 3.92. The number of aromatic nitrogens is 3. The fourth-order valence-corrected chi connectivity index (χ4v) is 2.61. The average Bonchev–Trinajstić information content (AvgIpc) is 2.68. The summed E-state index contributed by atoms with van der Waals surface area (Å²) in [7, 11) is 0. The highest BCUT2D eigenvalue weighted by molar-refractivity contribution is 5.88. The SMILES string of the molecule is CCCc1nc(Nc2ccc(C(=O)O)cc2)nc(OCC2=CC=CCC2)n1. The van der Waals surface area contributed by atoms with Gasteiger partial charge in [-0.1, -0.05) is 25.2 Å². The van der Waals surface area contributed by atoms with Gasteiger partial charge in [-0.15, -0.1) is 0 Å². The number of benzene rings is 1. The van der Waals surface area contributed by atoms with Crippen molar-refractivity contribution >= 4 is 17.6 Å². The molecule has 0 atom stereocenters. The summed E-state index contributed by atoms with van der Waals surface area (Å²) in [4.78, 5) is 24.1. The van der Waals surface area contributed by atoms with Crippen molar-refractivity contribution in [3.63, 3.8) is 0 Å². The van der Waals surface area contributed by atoms with E-state index in [-0.39, 0.29) is 11.6 Å². The number of nitrogens with zero attached hydrogens (tertiary/aromatic N) is 3. The summed E-state index contributed by atoms with van der Waals surface area (Å²) in [6.45, 7) is 2.51. The second-order valence-electron chi connectivity index (χ2n) is 6.20. The monoisotopic (exact) mass is 366 g/mol. The third kappa shape index (κ3) is 5.37. The van der Waals surface area contributed by atoms with E-state index in [1.807, 2.05) is 6.08 Å². The number of anilines is 2. The minimum absolute atomic E-state index is 0.224. The molecule has 0 amide bonds. The molecule has 0 saturated carbocycles. The Balaban J connectivity index is 1.74. The van der Waals surface area contributed by atoms with Crippen LogP contribution in [0.1, 0.15) is 42.4 Å². The molecule has 3 rings (SSSR count). The van der Waals surface area contributed by atoms with Crippen molar-refractivity contribution in [2.45, 2.75) is 32.6 Å². The van der Waals surface area contributed by atoms with E-state index in [0.29, 0.717) is 24.1 Å². The zero-order valence-corrected chi connectivity index (χ0v) is 15.2. The molecule has 1 aromatic carbocycles. The van der Waals surface area contributed by atoms with Crippen LogP contribution in [-0.4, -0.2) is 32.6 Å². The second-order valence-corrected chi connectivity index (χ2v) is 6.20. The average molecular weight is 366 g/mol. The lowest BCUT2D eigenvalue weighted by Gasteiger charge is -2.12. The lowest BCUT2D eigenvalue weighted by atomic mass is 10.1. The number of carbonyl (C=O) groups is 1. The van der Waals surface area contributed by atoms with E-state index in [2.05, 4.69) is 39.3 Å². The van der Waals surface area contributed by atoms with Gasteiger partial charge in [-0.25, -0.2) is 4.79 Å². The molecule has 27 heavy (non-hydrogen) atoms. The van der Waals surface area contributed by atoms with Gasteiger partial charge in [0.2, 0.25) is 5.95 Å². The van der Waals surface area contributed by atoms with Crippen molar-refractivity contribution in [3.8, 4) is 6.01 Å². The summed E-state index contributed by atoms with van der Waals surface area (Å²) in [5, 5.41) is 12.1. The number of hydrogen-bond donors (Lipinski definition) is 2. The van der Waals surface area contributed by atoms with E-state index < -0.39 is 5.97 Å². The summed E-state index contributed by atoms with van der Waals surface area (Å²) >= 11 is 0. The van der Waals surface area contributed by atoms with Crippen LogP contribution >= 0.6 is 0 Å². The number of carboxylic acid groups (broad SMARTS) is 1.